The monoisotopic (exact) mass is 683 g/mol. The first-order chi connectivity index (χ1) is 23.8. The van der Waals surface area contributed by atoms with Gasteiger partial charge >= 0.3 is 0 Å². The minimum atomic E-state index is -1.33. The van der Waals surface area contributed by atoms with Crippen LogP contribution in [0.25, 0.3) is 11.1 Å². The van der Waals surface area contributed by atoms with Gasteiger partial charge in [0, 0.05) is 36.7 Å². The third-order valence-electron chi connectivity index (χ3n) is 8.27. The summed E-state index contributed by atoms with van der Waals surface area (Å²) < 4.78 is 5.88. The third-order valence-corrected chi connectivity index (χ3v) is 8.27. The fourth-order valence-corrected chi connectivity index (χ4v) is 5.64. The van der Waals surface area contributed by atoms with E-state index >= 15 is 0 Å². The fraction of sp³-hybridized carbons (Fsp3) is 0.333. The maximum atomic E-state index is 14.0. The largest absolute Gasteiger partial charge is 0.507 e. The van der Waals surface area contributed by atoms with Gasteiger partial charge in [-0.1, -0.05) is 29.8 Å². The van der Waals surface area contributed by atoms with E-state index in [0.29, 0.717) is 28.0 Å². The molecule has 0 spiro atoms. The van der Waals surface area contributed by atoms with Crippen molar-refractivity contribution in [1.82, 2.24) is 26.2 Å². The molecule has 1 heterocycles. The van der Waals surface area contributed by atoms with Crippen LogP contribution in [0.15, 0.2) is 54.6 Å². The molecular weight excluding hydrogens is 642 g/mol. The fourth-order valence-electron chi connectivity index (χ4n) is 5.64. The number of aryl methyl sites for hydroxylation is 2. The standard InChI is InChI=1S/C36H41N7O7/c1-20-5-8-25(21(2)15-20)34(47)40-19-31(45)43(4)32-24-7-9-29(44)26(18-24)27-16-23(6-10-30(27)50-14-12-38)17-28(35(48)39-13-11-37)42-33(46)22(3)41-36(32)49/h5-10,15-16,18,22,28,32,44H,12-14,17,19,38H2,1-4H3,(H,39,48)(H,40,47)(H,41,49)(H,42,46)/t22-,28-,32-/m0/s1. The minimum absolute atomic E-state index is 0.00197. The van der Waals surface area contributed by atoms with Crippen LogP contribution in [0, 0.1) is 25.2 Å². The molecule has 262 valence electrons. The highest BCUT2D eigenvalue weighted by Gasteiger charge is 2.33. The van der Waals surface area contributed by atoms with Crippen LogP contribution < -0.4 is 31.7 Å². The quantitative estimate of drug-likeness (QED) is 0.178. The number of amides is 5. The van der Waals surface area contributed by atoms with Crippen molar-refractivity contribution in [1.29, 1.82) is 5.26 Å². The summed E-state index contributed by atoms with van der Waals surface area (Å²) in [6.07, 6.45) is 0.00197. The number of hydrogen-bond donors (Lipinski definition) is 6. The van der Waals surface area contributed by atoms with Gasteiger partial charge in [-0.2, -0.15) is 5.26 Å². The molecule has 0 saturated heterocycles. The highest BCUT2D eigenvalue weighted by molar-refractivity contribution is 5.99. The number of carbonyl (C=O) groups is 5. The van der Waals surface area contributed by atoms with Gasteiger partial charge in [-0.15, -0.1) is 0 Å². The molecule has 7 N–H and O–H groups in total. The van der Waals surface area contributed by atoms with Crippen molar-refractivity contribution >= 4 is 29.5 Å². The average molecular weight is 684 g/mol. The van der Waals surface area contributed by atoms with Crippen molar-refractivity contribution in [3.63, 3.8) is 0 Å². The zero-order chi connectivity index (χ0) is 36.5. The lowest BCUT2D eigenvalue weighted by molar-refractivity contribution is -0.139. The molecule has 1 aliphatic heterocycles. The van der Waals surface area contributed by atoms with Crippen LogP contribution in [0.5, 0.6) is 11.5 Å². The van der Waals surface area contributed by atoms with Crippen LogP contribution in [0.3, 0.4) is 0 Å². The molecule has 0 aliphatic carbocycles. The molecule has 0 unspecified atom stereocenters. The molecule has 4 rings (SSSR count). The van der Waals surface area contributed by atoms with E-state index in [2.05, 4.69) is 21.3 Å². The van der Waals surface area contributed by atoms with Gasteiger partial charge in [0.15, 0.2) is 0 Å². The lowest BCUT2D eigenvalue weighted by atomic mass is 9.93. The first kappa shape index (κ1) is 36.9. The van der Waals surface area contributed by atoms with Gasteiger partial charge in [-0.3, -0.25) is 24.0 Å². The predicted octanol–water partition coefficient (Wildman–Crippen LogP) is 1.13. The van der Waals surface area contributed by atoms with E-state index in [4.69, 9.17) is 15.7 Å². The average Bonchev–Trinajstić information content (AvgIpc) is 3.08. The summed E-state index contributed by atoms with van der Waals surface area (Å²) in [6, 6.07) is 12.9. The smallest absolute Gasteiger partial charge is 0.251 e. The molecule has 0 aromatic heterocycles. The number of phenolic OH excluding ortho intramolecular Hbond substituents is 1. The van der Waals surface area contributed by atoms with Gasteiger partial charge in [0.25, 0.3) is 5.91 Å². The first-order valence-electron chi connectivity index (χ1n) is 16.0. The molecule has 1 aliphatic rings. The molecule has 14 nitrogen and oxygen atoms in total. The first-order valence-corrected chi connectivity index (χ1v) is 16.0. The van der Waals surface area contributed by atoms with Gasteiger partial charge in [0.05, 0.1) is 12.6 Å². The molecule has 14 heteroatoms. The maximum Gasteiger partial charge on any atom is 0.251 e. The van der Waals surface area contributed by atoms with Crippen LogP contribution in [0.2, 0.25) is 0 Å². The molecule has 0 fully saturated rings. The number of nitrogens with zero attached hydrogens (tertiary/aromatic N) is 2. The number of ether oxygens (including phenoxy) is 1. The summed E-state index contributed by atoms with van der Waals surface area (Å²) in [7, 11) is 1.39. The van der Waals surface area contributed by atoms with E-state index in [1.54, 1.807) is 43.3 Å². The summed E-state index contributed by atoms with van der Waals surface area (Å²) in [6.45, 7) is 4.74. The predicted molar refractivity (Wildman–Crippen MR) is 184 cm³/mol. The molecule has 4 bridgehead atoms. The second-order valence-electron chi connectivity index (χ2n) is 12.0. The highest BCUT2D eigenvalue weighted by atomic mass is 16.5. The Labute approximate surface area is 290 Å². The Bertz CT molecular complexity index is 1840. The Hall–Kier alpha value is -5.94. The van der Waals surface area contributed by atoms with Crippen LogP contribution in [-0.4, -0.2) is 84.9 Å². The Morgan fingerprint density at radius 1 is 1.02 bits per heavy atom. The molecular formula is C36H41N7O7. The lowest BCUT2D eigenvalue weighted by Crippen LogP contribution is -2.55. The Morgan fingerprint density at radius 3 is 2.48 bits per heavy atom. The van der Waals surface area contributed by atoms with Gasteiger partial charge in [-0.25, -0.2) is 0 Å². The van der Waals surface area contributed by atoms with Crippen molar-refractivity contribution in [2.45, 2.75) is 45.3 Å². The topological polar surface area (TPSA) is 216 Å². The van der Waals surface area contributed by atoms with Crippen LogP contribution >= 0.6 is 0 Å². The number of phenols is 1. The zero-order valence-corrected chi connectivity index (χ0v) is 28.3. The van der Waals surface area contributed by atoms with Gasteiger partial charge < -0.3 is 41.7 Å². The molecule has 3 atom stereocenters. The number of hydrogen-bond acceptors (Lipinski definition) is 9. The molecule has 0 radical (unpaired) electrons. The molecule has 50 heavy (non-hydrogen) atoms. The molecule has 3 aromatic carbocycles. The van der Waals surface area contributed by atoms with Crippen LogP contribution in [0.1, 0.15) is 45.6 Å². The number of nitrogens with two attached hydrogens (primary N) is 1. The zero-order valence-electron chi connectivity index (χ0n) is 28.3. The van der Waals surface area contributed by atoms with E-state index in [1.165, 1.54) is 26.1 Å². The normalized spacial score (nSPS) is 17.2. The highest BCUT2D eigenvalue weighted by Crippen LogP contribution is 2.39. The van der Waals surface area contributed by atoms with Crippen molar-refractivity contribution < 1.29 is 33.8 Å². The summed E-state index contributed by atoms with van der Waals surface area (Å²) in [5, 5.41) is 30.4. The van der Waals surface area contributed by atoms with E-state index < -0.39 is 54.2 Å². The van der Waals surface area contributed by atoms with Crippen LogP contribution in [-0.2, 0) is 25.6 Å². The molecule has 3 aromatic rings. The number of likely N-dealkylation sites (N-methyl/N-ethyl adjacent to an activating group) is 1. The number of nitriles is 1. The second kappa shape index (κ2) is 16.4. The van der Waals surface area contributed by atoms with Gasteiger partial charge in [0.1, 0.15) is 42.8 Å². The Balaban J connectivity index is 1.77. The summed E-state index contributed by atoms with van der Waals surface area (Å²) >= 11 is 0. The number of nitrogens with one attached hydrogen (secondary N) is 4. The summed E-state index contributed by atoms with van der Waals surface area (Å²) in [5.41, 5.74) is 9.34. The number of carbonyl (C=O) groups excluding carboxylic acids is 5. The van der Waals surface area contributed by atoms with Crippen LogP contribution in [0.4, 0.5) is 0 Å². The maximum absolute atomic E-state index is 14.0. The second-order valence-corrected chi connectivity index (χ2v) is 12.0. The Kier molecular flexibility index (Phi) is 12.1. The SMILES string of the molecule is Cc1ccc(C(=O)NCC(=O)N(C)[C@@H]2C(=O)N[C@@H](C)C(=O)N[C@H](C(=O)NCC#N)Cc3ccc(OCCN)c(c3)-c3cc2ccc3O)c(C)c1. The van der Waals surface area contributed by atoms with E-state index in [9.17, 15) is 29.1 Å². The number of aromatic hydroxyl groups is 1. The number of fused-ring (bicyclic) bond motifs is 5. The molecule has 0 saturated carbocycles. The minimum Gasteiger partial charge on any atom is -0.507 e. The van der Waals surface area contributed by atoms with E-state index in [-0.39, 0.29) is 37.4 Å². The van der Waals surface area contributed by atoms with E-state index in [1.807, 2.05) is 19.1 Å². The summed E-state index contributed by atoms with van der Waals surface area (Å²) in [5.74, 6) is -2.93. The van der Waals surface area contributed by atoms with Crippen molar-refractivity contribution in [2.24, 2.45) is 5.73 Å². The van der Waals surface area contributed by atoms with Crippen molar-refractivity contribution in [3.8, 4) is 28.7 Å². The van der Waals surface area contributed by atoms with Gasteiger partial charge in [0.2, 0.25) is 23.6 Å². The van der Waals surface area contributed by atoms with Crippen molar-refractivity contribution in [3.05, 3.63) is 82.4 Å². The summed E-state index contributed by atoms with van der Waals surface area (Å²) in [4.78, 5) is 68.0. The van der Waals surface area contributed by atoms with E-state index in [0.717, 1.165) is 16.0 Å². The lowest BCUT2D eigenvalue weighted by Gasteiger charge is -2.30. The van der Waals surface area contributed by atoms with Gasteiger partial charge in [-0.05, 0) is 67.8 Å². The molecule has 5 amide bonds. The Morgan fingerprint density at radius 2 is 1.78 bits per heavy atom. The number of rotatable bonds is 9. The van der Waals surface area contributed by atoms with Crippen molar-refractivity contribution in [2.75, 3.05) is 33.3 Å². The number of benzene rings is 3. The third kappa shape index (κ3) is 8.74.